The summed E-state index contributed by atoms with van der Waals surface area (Å²) >= 11 is 7.08. The lowest BCUT2D eigenvalue weighted by Crippen LogP contribution is -1.88. The second-order valence-corrected chi connectivity index (χ2v) is 4.73. The molecule has 2 aromatic rings. The molecule has 17 heavy (non-hydrogen) atoms. The normalized spacial score (nSPS) is 10.5. The molecule has 2 rings (SSSR count). The number of aromatic nitrogens is 2. The zero-order chi connectivity index (χ0) is 12.3. The molecule has 0 unspecified atom stereocenters. The minimum Gasteiger partial charge on any atom is -0.494 e. The zero-order valence-corrected chi connectivity index (χ0v) is 10.7. The van der Waals surface area contributed by atoms with Crippen LogP contribution >= 0.6 is 22.9 Å². The van der Waals surface area contributed by atoms with Gasteiger partial charge in [0.15, 0.2) is 11.6 Å². The van der Waals surface area contributed by atoms with Gasteiger partial charge in [-0.15, -0.1) is 21.8 Å². The van der Waals surface area contributed by atoms with Crippen molar-refractivity contribution < 1.29 is 9.13 Å². The van der Waals surface area contributed by atoms with Crippen LogP contribution in [0.15, 0.2) is 18.2 Å². The molecule has 0 N–H and O–H groups in total. The number of nitrogens with zero attached hydrogens (tertiary/aromatic N) is 2. The van der Waals surface area contributed by atoms with Crippen LogP contribution in [0.5, 0.6) is 5.75 Å². The molecule has 0 saturated carbocycles. The van der Waals surface area contributed by atoms with Crippen LogP contribution in [0.2, 0.25) is 0 Å². The molecule has 1 aromatic carbocycles. The average molecular weight is 273 g/mol. The lowest BCUT2D eigenvalue weighted by atomic mass is 10.2. The van der Waals surface area contributed by atoms with E-state index < -0.39 is 0 Å². The quantitative estimate of drug-likeness (QED) is 0.802. The molecule has 1 aromatic heterocycles. The standard InChI is InChI=1S/C11H10ClFN2OS/c1-16-9-6-7(2-3-8(9)13)11-15-14-10(17-11)4-5-12/h2-3,6H,4-5H2,1H3. The lowest BCUT2D eigenvalue weighted by molar-refractivity contribution is 0.387. The molecule has 90 valence electrons. The highest BCUT2D eigenvalue weighted by Crippen LogP contribution is 2.28. The molecule has 0 aliphatic rings. The van der Waals surface area contributed by atoms with Gasteiger partial charge in [-0.1, -0.05) is 11.3 Å². The minimum absolute atomic E-state index is 0.205. The van der Waals surface area contributed by atoms with Gasteiger partial charge in [0.2, 0.25) is 0 Å². The van der Waals surface area contributed by atoms with Crippen LogP contribution in [0.25, 0.3) is 10.6 Å². The first kappa shape index (κ1) is 12.3. The van der Waals surface area contributed by atoms with Crippen molar-refractivity contribution in [1.29, 1.82) is 0 Å². The third kappa shape index (κ3) is 2.73. The zero-order valence-electron chi connectivity index (χ0n) is 9.11. The molecule has 6 heteroatoms. The highest BCUT2D eigenvalue weighted by molar-refractivity contribution is 7.14. The Kier molecular flexibility index (Phi) is 3.91. The van der Waals surface area contributed by atoms with Crippen molar-refractivity contribution in [1.82, 2.24) is 10.2 Å². The first-order chi connectivity index (χ1) is 8.24. The van der Waals surface area contributed by atoms with Gasteiger partial charge in [0.05, 0.1) is 7.11 Å². The fourth-order valence-corrected chi connectivity index (χ4v) is 2.47. The van der Waals surface area contributed by atoms with E-state index in [-0.39, 0.29) is 11.6 Å². The van der Waals surface area contributed by atoms with E-state index in [0.717, 1.165) is 15.6 Å². The molecule has 0 spiro atoms. The highest BCUT2D eigenvalue weighted by atomic mass is 35.5. The van der Waals surface area contributed by atoms with Crippen molar-refractivity contribution in [2.24, 2.45) is 0 Å². The van der Waals surface area contributed by atoms with E-state index in [0.29, 0.717) is 12.3 Å². The Bertz CT molecular complexity index is 518. The molecule has 3 nitrogen and oxygen atoms in total. The van der Waals surface area contributed by atoms with Crippen LogP contribution < -0.4 is 4.74 Å². The molecular weight excluding hydrogens is 263 g/mol. The predicted molar refractivity (Wildman–Crippen MR) is 66.3 cm³/mol. The SMILES string of the molecule is COc1cc(-c2nnc(CCCl)s2)ccc1F. The topological polar surface area (TPSA) is 35.0 Å². The number of halogens is 2. The summed E-state index contributed by atoms with van der Waals surface area (Å²) < 4.78 is 18.2. The summed E-state index contributed by atoms with van der Waals surface area (Å²) in [5.41, 5.74) is 0.793. The third-order valence-corrected chi connectivity index (χ3v) is 3.39. The van der Waals surface area contributed by atoms with Crippen LogP contribution in [0.1, 0.15) is 5.01 Å². The Balaban J connectivity index is 2.32. The summed E-state index contributed by atoms with van der Waals surface area (Å²) in [7, 11) is 1.43. The van der Waals surface area contributed by atoms with Crippen LogP contribution in [0.3, 0.4) is 0 Å². The molecule has 0 amide bonds. The van der Waals surface area contributed by atoms with Crippen molar-refractivity contribution in [3.05, 3.63) is 29.0 Å². The monoisotopic (exact) mass is 272 g/mol. The molecular formula is C11H10ClFN2OS. The fourth-order valence-electron chi connectivity index (χ4n) is 1.34. The van der Waals surface area contributed by atoms with E-state index in [2.05, 4.69) is 10.2 Å². The Morgan fingerprint density at radius 2 is 2.24 bits per heavy atom. The van der Waals surface area contributed by atoms with E-state index in [9.17, 15) is 4.39 Å². The average Bonchev–Trinajstić information content (AvgIpc) is 2.79. The number of alkyl halides is 1. The molecule has 0 bridgehead atoms. The Labute approximate surface area is 107 Å². The van der Waals surface area contributed by atoms with E-state index >= 15 is 0 Å². The van der Waals surface area contributed by atoms with Gasteiger partial charge in [0.25, 0.3) is 0 Å². The molecule has 0 atom stereocenters. The van der Waals surface area contributed by atoms with Crippen LogP contribution in [-0.4, -0.2) is 23.2 Å². The smallest absolute Gasteiger partial charge is 0.165 e. The summed E-state index contributed by atoms with van der Waals surface area (Å²) in [4.78, 5) is 0. The van der Waals surface area contributed by atoms with Gasteiger partial charge in [0.1, 0.15) is 10.0 Å². The summed E-state index contributed by atoms with van der Waals surface area (Å²) in [6, 6.07) is 4.62. The van der Waals surface area contributed by atoms with Gasteiger partial charge in [-0.2, -0.15) is 0 Å². The number of rotatable bonds is 4. The van der Waals surface area contributed by atoms with Crippen LogP contribution in [0.4, 0.5) is 4.39 Å². The number of hydrogen-bond donors (Lipinski definition) is 0. The molecule has 0 radical (unpaired) electrons. The maximum atomic E-state index is 13.2. The Morgan fingerprint density at radius 1 is 1.41 bits per heavy atom. The largest absolute Gasteiger partial charge is 0.494 e. The number of benzene rings is 1. The van der Waals surface area contributed by atoms with Crippen molar-refractivity contribution >= 4 is 22.9 Å². The van der Waals surface area contributed by atoms with Crippen molar-refractivity contribution in [3.63, 3.8) is 0 Å². The summed E-state index contributed by atoms with van der Waals surface area (Å²) in [6.07, 6.45) is 0.692. The van der Waals surface area contributed by atoms with Gasteiger partial charge >= 0.3 is 0 Å². The summed E-state index contributed by atoms with van der Waals surface area (Å²) in [5.74, 6) is 0.333. The number of methoxy groups -OCH3 is 1. The summed E-state index contributed by atoms with van der Waals surface area (Å²) in [5, 5.41) is 9.66. The maximum Gasteiger partial charge on any atom is 0.165 e. The summed E-state index contributed by atoms with van der Waals surface area (Å²) in [6.45, 7) is 0. The first-order valence-corrected chi connectivity index (χ1v) is 6.32. The second-order valence-electron chi connectivity index (χ2n) is 3.29. The second kappa shape index (κ2) is 5.42. The number of hydrogen-bond acceptors (Lipinski definition) is 4. The van der Waals surface area contributed by atoms with Crippen molar-refractivity contribution in [2.75, 3.05) is 13.0 Å². The van der Waals surface area contributed by atoms with E-state index in [1.807, 2.05) is 0 Å². The Hall–Kier alpha value is -1.20. The van der Waals surface area contributed by atoms with Gasteiger partial charge < -0.3 is 4.74 Å². The van der Waals surface area contributed by atoms with Crippen LogP contribution in [0, 0.1) is 5.82 Å². The lowest BCUT2D eigenvalue weighted by Gasteiger charge is -2.02. The van der Waals surface area contributed by atoms with Gasteiger partial charge in [-0.3, -0.25) is 0 Å². The third-order valence-electron chi connectivity index (χ3n) is 2.17. The van der Waals surface area contributed by atoms with E-state index in [1.165, 1.54) is 24.5 Å². The first-order valence-electron chi connectivity index (χ1n) is 4.97. The fraction of sp³-hybridized carbons (Fsp3) is 0.273. The van der Waals surface area contributed by atoms with Crippen molar-refractivity contribution in [2.45, 2.75) is 6.42 Å². The van der Waals surface area contributed by atoms with Crippen molar-refractivity contribution in [3.8, 4) is 16.3 Å². The van der Waals surface area contributed by atoms with Crippen LogP contribution in [-0.2, 0) is 6.42 Å². The Morgan fingerprint density at radius 3 is 2.94 bits per heavy atom. The predicted octanol–water partition coefficient (Wildman–Crippen LogP) is 3.13. The maximum absolute atomic E-state index is 13.2. The van der Waals surface area contributed by atoms with Gasteiger partial charge in [-0.25, -0.2) is 4.39 Å². The molecule has 0 aliphatic heterocycles. The molecule has 0 saturated heterocycles. The highest BCUT2D eigenvalue weighted by Gasteiger charge is 2.09. The number of aryl methyl sites for hydroxylation is 1. The van der Waals surface area contributed by atoms with Gasteiger partial charge in [0, 0.05) is 17.9 Å². The number of ether oxygens (including phenoxy) is 1. The van der Waals surface area contributed by atoms with E-state index in [1.54, 1.807) is 12.1 Å². The molecule has 1 heterocycles. The van der Waals surface area contributed by atoms with Gasteiger partial charge in [-0.05, 0) is 18.2 Å². The minimum atomic E-state index is -0.387. The van der Waals surface area contributed by atoms with E-state index in [4.69, 9.17) is 16.3 Å². The molecule has 0 aliphatic carbocycles. The molecule has 0 fully saturated rings.